The third kappa shape index (κ3) is 3.84. The molecular formula is C14H9BrCl2F2O. The third-order valence-corrected chi connectivity index (χ3v) is 4.41. The third-order valence-electron chi connectivity index (χ3n) is 2.61. The predicted molar refractivity (Wildman–Crippen MR) is 80.3 cm³/mol. The molecule has 2 aromatic rings. The average Bonchev–Trinajstić information content (AvgIpc) is 2.40. The molecule has 0 aliphatic rings. The maximum absolute atomic E-state index is 12.2. The maximum Gasteiger partial charge on any atom is 0.387 e. The minimum Gasteiger partial charge on any atom is -0.435 e. The van der Waals surface area contributed by atoms with E-state index in [1.807, 2.05) is 6.07 Å². The summed E-state index contributed by atoms with van der Waals surface area (Å²) in [4.78, 5) is -0.196. The molecule has 0 amide bonds. The molecule has 0 aliphatic heterocycles. The van der Waals surface area contributed by atoms with Crippen molar-refractivity contribution >= 4 is 39.1 Å². The van der Waals surface area contributed by atoms with E-state index >= 15 is 0 Å². The van der Waals surface area contributed by atoms with Gasteiger partial charge in [-0.25, -0.2) is 0 Å². The van der Waals surface area contributed by atoms with Crippen molar-refractivity contribution in [3.8, 4) is 5.75 Å². The molecule has 0 fully saturated rings. The van der Waals surface area contributed by atoms with Gasteiger partial charge in [0.15, 0.2) is 0 Å². The first kappa shape index (κ1) is 15.5. The normalized spacial score (nSPS) is 12.5. The van der Waals surface area contributed by atoms with Crippen LogP contribution in [0.1, 0.15) is 16.0 Å². The van der Waals surface area contributed by atoms with Crippen LogP contribution in [0, 0.1) is 0 Å². The van der Waals surface area contributed by atoms with E-state index in [0.717, 1.165) is 11.1 Å². The van der Waals surface area contributed by atoms with Crippen molar-refractivity contribution in [1.82, 2.24) is 0 Å². The van der Waals surface area contributed by atoms with E-state index in [0.29, 0.717) is 10.0 Å². The van der Waals surface area contributed by atoms with Crippen molar-refractivity contribution in [1.29, 1.82) is 0 Å². The zero-order valence-corrected chi connectivity index (χ0v) is 13.1. The van der Waals surface area contributed by atoms with Crippen LogP contribution in [0.3, 0.4) is 0 Å². The van der Waals surface area contributed by atoms with Crippen LogP contribution in [-0.4, -0.2) is 6.61 Å². The second-order valence-electron chi connectivity index (χ2n) is 3.99. The quantitative estimate of drug-likeness (QED) is 0.583. The van der Waals surface area contributed by atoms with Gasteiger partial charge in [0.2, 0.25) is 0 Å². The lowest BCUT2D eigenvalue weighted by molar-refractivity contribution is -0.0498. The Morgan fingerprint density at radius 1 is 0.950 bits per heavy atom. The molecule has 20 heavy (non-hydrogen) atoms. The van der Waals surface area contributed by atoms with Gasteiger partial charge in [0.25, 0.3) is 0 Å². The molecule has 1 atom stereocenters. The van der Waals surface area contributed by atoms with E-state index in [9.17, 15) is 8.78 Å². The van der Waals surface area contributed by atoms with Crippen molar-refractivity contribution in [3.05, 3.63) is 63.6 Å². The number of alkyl halides is 3. The summed E-state index contributed by atoms with van der Waals surface area (Å²) in [6.07, 6.45) is 0. The SMILES string of the molecule is FC(F)Oc1cccc(C(Br)c2ccc(Cl)c(Cl)c2)c1. The summed E-state index contributed by atoms with van der Waals surface area (Å²) in [6, 6.07) is 11.7. The van der Waals surface area contributed by atoms with E-state index in [-0.39, 0.29) is 10.6 Å². The Kier molecular flexibility index (Phi) is 5.24. The molecule has 1 nitrogen and oxygen atoms in total. The molecule has 0 spiro atoms. The van der Waals surface area contributed by atoms with Gasteiger partial charge in [0, 0.05) is 0 Å². The summed E-state index contributed by atoms with van der Waals surface area (Å²) in [5.74, 6) is 0.113. The largest absolute Gasteiger partial charge is 0.435 e. The zero-order valence-electron chi connectivity index (χ0n) is 9.99. The molecule has 0 N–H and O–H groups in total. The lowest BCUT2D eigenvalue weighted by Gasteiger charge is -2.13. The highest BCUT2D eigenvalue weighted by Gasteiger charge is 2.13. The molecule has 0 saturated heterocycles. The Bertz CT molecular complexity index is 607. The van der Waals surface area contributed by atoms with Gasteiger partial charge in [0.1, 0.15) is 5.75 Å². The van der Waals surface area contributed by atoms with Gasteiger partial charge in [-0.15, -0.1) is 0 Å². The molecule has 0 aromatic heterocycles. The van der Waals surface area contributed by atoms with Crippen LogP contribution < -0.4 is 4.74 Å². The number of hydrogen-bond donors (Lipinski definition) is 0. The fourth-order valence-corrected chi connectivity index (χ4v) is 2.59. The summed E-state index contributed by atoms with van der Waals surface area (Å²) in [7, 11) is 0. The molecule has 0 radical (unpaired) electrons. The van der Waals surface area contributed by atoms with Crippen LogP contribution >= 0.6 is 39.1 Å². The second-order valence-corrected chi connectivity index (χ2v) is 5.72. The Morgan fingerprint density at radius 2 is 1.65 bits per heavy atom. The van der Waals surface area contributed by atoms with Gasteiger partial charge in [0.05, 0.1) is 14.9 Å². The zero-order chi connectivity index (χ0) is 14.7. The van der Waals surface area contributed by atoms with Crippen molar-refractivity contribution in [2.45, 2.75) is 11.4 Å². The molecule has 0 saturated carbocycles. The Hall–Kier alpha value is -0.840. The maximum atomic E-state index is 12.2. The molecule has 106 valence electrons. The summed E-state index contributed by atoms with van der Waals surface area (Å²) in [6.45, 7) is -2.84. The number of benzene rings is 2. The standard InChI is InChI=1S/C14H9BrCl2F2O/c15-13(9-4-5-11(16)12(17)7-9)8-2-1-3-10(6-8)20-14(18)19/h1-7,13-14H. The van der Waals surface area contributed by atoms with Crippen molar-refractivity contribution in [2.75, 3.05) is 0 Å². The number of ether oxygens (including phenoxy) is 1. The predicted octanol–water partition coefficient (Wildman–Crippen LogP) is 6.08. The van der Waals surface area contributed by atoms with Crippen molar-refractivity contribution < 1.29 is 13.5 Å². The Balaban J connectivity index is 2.28. The van der Waals surface area contributed by atoms with Crippen LogP contribution in [0.15, 0.2) is 42.5 Å². The van der Waals surface area contributed by atoms with E-state index in [1.54, 1.807) is 30.3 Å². The molecule has 0 aliphatic carbocycles. The van der Waals surface area contributed by atoms with Crippen molar-refractivity contribution in [3.63, 3.8) is 0 Å². The van der Waals surface area contributed by atoms with E-state index in [4.69, 9.17) is 23.2 Å². The monoisotopic (exact) mass is 380 g/mol. The van der Waals surface area contributed by atoms with Crippen LogP contribution in [0.25, 0.3) is 0 Å². The molecule has 2 aromatic carbocycles. The number of hydrogen-bond acceptors (Lipinski definition) is 1. The van der Waals surface area contributed by atoms with Gasteiger partial charge in [-0.1, -0.05) is 57.3 Å². The van der Waals surface area contributed by atoms with Crippen LogP contribution in [0.4, 0.5) is 8.78 Å². The van der Waals surface area contributed by atoms with Crippen LogP contribution in [0.2, 0.25) is 10.0 Å². The summed E-state index contributed by atoms with van der Waals surface area (Å²) in [5, 5.41) is 0.901. The first-order valence-corrected chi connectivity index (χ1v) is 7.28. The summed E-state index contributed by atoms with van der Waals surface area (Å²) < 4.78 is 28.8. The molecule has 0 bridgehead atoms. The minimum atomic E-state index is -2.84. The van der Waals surface area contributed by atoms with E-state index in [1.165, 1.54) is 6.07 Å². The first-order chi connectivity index (χ1) is 9.47. The first-order valence-electron chi connectivity index (χ1n) is 5.61. The van der Waals surface area contributed by atoms with Crippen LogP contribution in [-0.2, 0) is 0 Å². The van der Waals surface area contributed by atoms with E-state index in [2.05, 4.69) is 20.7 Å². The average molecular weight is 382 g/mol. The number of halogens is 5. The highest BCUT2D eigenvalue weighted by molar-refractivity contribution is 9.09. The second kappa shape index (κ2) is 6.74. The van der Waals surface area contributed by atoms with Gasteiger partial charge >= 0.3 is 6.61 Å². The Labute approximate surface area is 133 Å². The fourth-order valence-electron chi connectivity index (χ4n) is 1.71. The topological polar surface area (TPSA) is 9.23 Å². The van der Waals surface area contributed by atoms with Gasteiger partial charge in [-0.2, -0.15) is 8.78 Å². The molecule has 2 rings (SSSR count). The summed E-state index contributed by atoms with van der Waals surface area (Å²) >= 11 is 15.3. The molecular weight excluding hydrogens is 373 g/mol. The highest BCUT2D eigenvalue weighted by atomic mass is 79.9. The minimum absolute atomic E-state index is 0.113. The molecule has 0 heterocycles. The Morgan fingerprint density at radius 3 is 2.30 bits per heavy atom. The van der Waals surface area contributed by atoms with Gasteiger partial charge in [-0.3, -0.25) is 0 Å². The highest BCUT2D eigenvalue weighted by Crippen LogP contribution is 2.35. The molecule has 6 heteroatoms. The van der Waals surface area contributed by atoms with E-state index < -0.39 is 6.61 Å². The van der Waals surface area contributed by atoms with Gasteiger partial charge < -0.3 is 4.74 Å². The molecule has 1 unspecified atom stereocenters. The van der Waals surface area contributed by atoms with Gasteiger partial charge in [-0.05, 0) is 35.4 Å². The fraction of sp³-hybridized carbons (Fsp3) is 0.143. The van der Waals surface area contributed by atoms with Crippen LogP contribution in [0.5, 0.6) is 5.75 Å². The smallest absolute Gasteiger partial charge is 0.387 e. The summed E-state index contributed by atoms with van der Waals surface area (Å²) in [5.41, 5.74) is 1.65. The lowest BCUT2D eigenvalue weighted by atomic mass is 10.0. The van der Waals surface area contributed by atoms with Crippen molar-refractivity contribution in [2.24, 2.45) is 0 Å². The lowest BCUT2D eigenvalue weighted by Crippen LogP contribution is -2.02. The number of rotatable bonds is 4.